The lowest BCUT2D eigenvalue weighted by molar-refractivity contribution is 0.292. The molecule has 0 radical (unpaired) electrons. The second kappa shape index (κ2) is 3.93. The first kappa shape index (κ1) is 10.0. The molecule has 1 heterocycles. The van der Waals surface area contributed by atoms with E-state index in [0.717, 1.165) is 17.1 Å². The molecule has 0 saturated heterocycles. The number of nitrogens with two attached hydrogens (primary N) is 1. The van der Waals surface area contributed by atoms with Crippen LogP contribution < -0.4 is 5.73 Å². The Bertz CT molecular complexity index is 385. The van der Waals surface area contributed by atoms with Crippen LogP contribution in [0.25, 0.3) is 0 Å². The van der Waals surface area contributed by atoms with Gasteiger partial charge >= 0.3 is 0 Å². The zero-order valence-electron chi connectivity index (χ0n) is 9.10. The highest BCUT2D eigenvalue weighted by atomic mass is 16.5. The molecule has 15 heavy (non-hydrogen) atoms. The Morgan fingerprint density at radius 3 is 2.87 bits per heavy atom. The lowest BCUT2D eigenvalue weighted by Crippen LogP contribution is -2.13. The fourth-order valence-electron chi connectivity index (χ4n) is 1.56. The van der Waals surface area contributed by atoms with E-state index >= 15 is 0 Å². The molecule has 2 N–H and O–H groups in total. The SMILES string of the molecule is CC(C)[C@H]1COC(c2cccc(N)c2)=N1. The molecule has 1 aromatic carbocycles. The van der Waals surface area contributed by atoms with Crippen LogP contribution in [0, 0.1) is 5.92 Å². The van der Waals surface area contributed by atoms with Crippen molar-refractivity contribution in [1.82, 2.24) is 0 Å². The highest BCUT2D eigenvalue weighted by molar-refractivity contribution is 5.95. The number of benzene rings is 1. The van der Waals surface area contributed by atoms with E-state index in [9.17, 15) is 0 Å². The van der Waals surface area contributed by atoms with Crippen LogP contribution in [0.15, 0.2) is 29.3 Å². The Morgan fingerprint density at radius 1 is 1.47 bits per heavy atom. The maximum atomic E-state index is 5.71. The summed E-state index contributed by atoms with van der Waals surface area (Å²) in [4.78, 5) is 4.54. The first-order valence-electron chi connectivity index (χ1n) is 5.23. The van der Waals surface area contributed by atoms with Gasteiger partial charge in [0.2, 0.25) is 5.90 Å². The largest absolute Gasteiger partial charge is 0.475 e. The van der Waals surface area contributed by atoms with Crippen molar-refractivity contribution in [2.45, 2.75) is 19.9 Å². The third kappa shape index (κ3) is 2.12. The van der Waals surface area contributed by atoms with E-state index in [-0.39, 0.29) is 6.04 Å². The van der Waals surface area contributed by atoms with Crippen LogP contribution in [-0.4, -0.2) is 18.5 Å². The number of hydrogen-bond donors (Lipinski definition) is 1. The zero-order chi connectivity index (χ0) is 10.8. The summed E-state index contributed by atoms with van der Waals surface area (Å²) in [5.74, 6) is 1.24. The monoisotopic (exact) mass is 204 g/mol. The van der Waals surface area contributed by atoms with E-state index in [2.05, 4.69) is 18.8 Å². The minimum atomic E-state index is 0.279. The summed E-state index contributed by atoms with van der Waals surface area (Å²) in [7, 11) is 0. The van der Waals surface area contributed by atoms with Gasteiger partial charge in [-0.05, 0) is 24.1 Å². The molecule has 1 aliphatic rings. The summed E-state index contributed by atoms with van der Waals surface area (Å²) in [5.41, 5.74) is 7.42. The quantitative estimate of drug-likeness (QED) is 0.750. The molecule has 0 amide bonds. The van der Waals surface area contributed by atoms with Crippen LogP contribution in [0.2, 0.25) is 0 Å². The van der Waals surface area contributed by atoms with Crippen LogP contribution in [-0.2, 0) is 4.74 Å². The average Bonchev–Trinajstić information content (AvgIpc) is 2.66. The molecule has 1 aromatic rings. The summed E-state index contributed by atoms with van der Waals surface area (Å²) in [6.45, 7) is 4.99. The van der Waals surface area contributed by atoms with Crippen LogP contribution >= 0.6 is 0 Å². The van der Waals surface area contributed by atoms with Crippen LogP contribution in [0.1, 0.15) is 19.4 Å². The molecule has 0 aromatic heterocycles. The first-order chi connectivity index (χ1) is 7.16. The number of nitrogen functional groups attached to an aromatic ring is 1. The number of aliphatic imine (C=N–C) groups is 1. The zero-order valence-corrected chi connectivity index (χ0v) is 9.10. The van der Waals surface area contributed by atoms with Crippen LogP contribution in [0.5, 0.6) is 0 Å². The summed E-state index contributed by atoms with van der Waals surface area (Å²) in [5, 5.41) is 0. The Balaban J connectivity index is 2.22. The van der Waals surface area contributed by atoms with Gasteiger partial charge < -0.3 is 10.5 Å². The van der Waals surface area contributed by atoms with Gasteiger partial charge in [-0.3, -0.25) is 0 Å². The van der Waals surface area contributed by atoms with Crippen LogP contribution in [0.4, 0.5) is 5.69 Å². The molecular weight excluding hydrogens is 188 g/mol. The maximum absolute atomic E-state index is 5.71. The number of ether oxygens (including phenoxy) is 1. The van der Waals surface area contributed by atoms with Crippen molar-refractivity contribution < 1.29 is 4.74 Å². The molecule has 1 atom stereocenters. The fraction of sp³-hybridized carbons (Fsp3) is 0.417. The van der Waals surface area contributed by atoms with Gasteiger partial charge in [-0.15, -0.1) is 0 Å². The van der Waals surface area contributed by atoms with Crippen molar-refractivity contribution in [2.24, 2.45) is 10.9 Å². The van der Waals surface area contributed by atoms with Crippen molar-refractivity contribution in [3.8, 4) is 0 Å². The summed E-state index contributed by atoms with van der Waals surface area (Å²) < 4.78 is 5.56. The average molecular weight is 204 g/mol. The Kier molecular flexibility index (Phi) is 2.62. The van der Waals surface area contributed by atoms with Crippen molar-refractivity contribution in [2.75, 3.05) is 12.3 Å². The number of nitrogens with zero attached hydrogens (tertiary/aromatic N) is 1. The van der Waals surface area contributed by atoms with Gasteiger partial charge in [-0.2, -0.15) is 0 Å². The minimum Gasteiger partial charge on any atom is -0.475 e. The van der Waals surface area contributed by atoms with E-state index in [4.69, 9.17) is 10.5 Å². The van der Waals surface area contributed by atoms with Gasteiger partial charge in [0, 0.05) is 11.3 Å². The molecule has 80 valence electrons. The summed E-state index contributed by atoms with van der Waals surface area (Å²) in [6.07, 6.45) is 0. The smallest absolute Gasteiger partial charge is 0.216 e. The highest BCUT2D eigenvalue weighted by Gasteiger charge is 2.22. The summed E-state index contributed by atoms with van der Waals surface area (Å²) in [6, 6.07) is 7.92. The molecule has 0 spiro atoms. The van der Waals surface area contributed by atoms with Crippen molar-refractivity contribution in [3.05, 3.63) is 29.8 Å². The molecule has 2 rings (SSSR count). The topological polar surface area (TPSA) is 47.6 Å². The predicted octanol–water partition coefficient (Wildman–Crippen LogP) is 2.07. The lowest BCUT2D eigenvalue weighted by Gasteiger charge is -2.06. The van der Waals surface area contributed by atoms with Crippen molar-refractivity contribution in [1.29, 1.82) is 0 Å². The third-order valence-electron chi connectivity index (χ3n) is 2.58. The molecular formula is C12H16N2O. The first-order valence-corrected chi connectivity index (χ1v) is 5.23. The molecule has 0 saturated carbocycles. The molecule has 3 nitrogen and oxygen atoms in total. The van der Waals surface area contributed by atoms with Crippen molar-refractivity contribution in [3.63, 3.8) is 0 Å². The molecule has 0 bridgehead atoms. The van der Waals surface area contributed by atoms with E-state index < -0.39 is 0 Å². The number of anilines is 1. The number of rotatable bonds is 2. The van der Waals surface area contributed by atoms with Gasteiger partial charge in [0.05, 0.1) is 6.04 Å². The van der Waals surface area contributed by atoms with Crippen molar-refractivity contribution >= 4 is 11.6 Å². The normalized spacial score (nSPS) is 20.2. The van der Waals surface area contributed by atoms with Gasteiger partial charge in [0.15, 0.2) is 0 Å². The fourth-order valence-corrected chi connectivity index (χ4v) is 1.56. The van der Waals surface area contributed by atoms with Gasteiger partial charge in [0.1, 0.15) is 6.61 Å². The van der Waals surface area contributed by atoms with Crippen LogP contribution in [0.3, 0.4) is 0 Å². The predicted molar refractivity (Wildman–Crippen MR) is 62.0 cm³/mol. The van der Waals surface area contributed by atoms with Gasteiger partial charge in [-0.1, -0.05) is 19.9 Å². The third-order valence-corrected chi connectivity index (χ3v) is 2.58. The molecule has 1 aliphatic heterocycles. The summed E-state index contributed by atoms with van der Waals surface area (Å²) >= 11 is 0. The Labute approximate surface area is 90.0 Å². The minimum absolute atomic E-state index is 0.279. The van der Waals surface area contributed by atoms with E-state index in [0.29, 0.717) is 12.5 Å². The number of hydrogen-bond acceptors (Lipinski definition) is 3. The van der Waals surface area contributed by atoms with Gasteiger partial charge in [-0.25, -0.2) is 4.99 Å². The van der Waals surface area contributed by atoms with E-state index in [1.54, 1.807) is 0 Å². The van der Waals surface area contributed by atoms with E-state index in [1.165, 1.54) is 0 Å². The molecule has 0 aliphatic carbocycles. The molecule has 3 heteroatoms. The second-order valence-electron chi connectivity index (χ2n) is 4.18. The second-order valence-corrected chi connectivity index (χ2v) is 4.18. The van der Waals surface area contributed by atoms with Gasteiger partial charge in [0.25, 0.3) is 0 Å². The lowest BCUT2D eigenvalue weighted by atomic mass is 10.1. The standard InChI is InChI=1S/C12H16N2O/c1-8(2)11-7-15-12(14-11)9-4-3-5-10(13)6-9/h3-6,8,11H,7,13H2,1-2H3/t11-/m1/s1. The maximum Gasteiger partial charge on any atom is 0.216 e. The van der Waals surface area contributed by atoms with E-state index in [1.807, 2.05) is 24.3 Å². The Hall–Kier alpha value is -1.51. The highest BCUT2D eigenvalue weighted by Crippen LogP contribution is 2.18. The molecule has 0 unspecified atom stereocenters. The molecule has 0 fully saturated rings. The Morgan fingerprint density at radius 2 is 2.27 bits per heavy atom.